The number of aliphatic carboxylic acids is 1. The van der Waals surface area contributed by atoms with Gasteiger partial charge in [-0.15, -0.1) is 0 Å². The number of hydrogen-bond donors (Lipinski definition) is 3. The minimum atomic E-state index is -1.02. The Morgan fingerprint density at radius 2 is 1.33 bits per heavy atom. The van der Waals surface area contributed by atoms with Crippen molar-refractivity contribution in [2.24, 2.45) is 11.7 Å². The first-order chi connectivity index (χ1) is 14.5. The van der Waals surface area contributed by atoms with Gasteiger partial charge in [-0.05, 0) is 11.7 Å². The smallest absolute Gasteiger partial charge is 0.327 e. The molecule has 1 unspecified atom stereocenters. The zero-order valence-electron chi connectivity index (χ0n) is 19.0. The van der Waals surface area contributed by atoms with Crippen molar-refractivity contribution >= 4 is 23.6 Å². The molecule has 0 aliphatic carbocycles. The summed E-state index contributed by atoms with van der Waals surface area (Å²) in [4.78, 5) is 23.0. The summed E-state index contributed by atoms with van der Waals surface area (Å²) in [6, 6.07) is -0.875. The topological polar surface area (TPSA) is 129 Å². The van der Waals surface area contributed by atoms with Gasteiger partial charge in [-0.2, -0.15) is 11.8 Å². The average Bonchev–Trinajstić information content (AvgIpc) is 2.71. The third-order valence-corrected chi connectivity index (χ3v) is 4.69. The van der Waals surface area contributed by atoms with Crippen molar-refractivity contribution < 1.29 is 33.6 Å². The molecule has 0 bridgehead atoms. The van der Waals surface area contributed by atoms with Crippen LogP contribution in [-0.2, 0) is 28.5 Å². The summed E-state index contributed by atoms with van der Waals surface area (Å²) < 4.78 is 21.1. The molecule has 0 rings (SSSR count). The highest BCUT2D eigenvalue weighted by Gasteiger charge is 2.19. The lowest BCUT2D eigenvalue weighted by molar-refractivity contribution is -0.141. The average molecular weight is 455 g/mol. The first-order valence-electron chi connectivity index (χ1n) is 10.6. The molecule has 180 valence electrons. The number of rotatable bonds is 20. The molecule has 0 aromatic rings. The van der Waals surface area contributed by atoms with E-state index in [0.717, 1.165) is 5.75 Å². The van der Waals surface area contributed by atoms with Gasteiger partial charge in [0.2, 0.25) is 5.91 Å². The van der Waals surface area contributed by atoms with Crippen molar-refractivity contribution in [2.45, 2.75) is 40.2 Å². The second kappa shape index (κ2) is 24.4. The van der Waals surface area contributed by atoms with Crippen LogP contribution < -0.4 is 11.1 Å². The van der Waals surface area contributed by atoms with Crippen LogP contribution in [0.5, 0.6) is 0 Å². The van der Waals surface area contributed by atoms with Crippen molar-refractivity contribution in [3.63, 3.8) is 0 Å². The van der Waals surface area contributed by atoms with Crippen LogP contribution in [0.25, 0.3) is 0 Å². The lowest BCUT2D eigenvalue weighted by Gasteiger charge is -2.15. The van der Waals surface area contributed by atoms with Crippen LogP contribution in [0.1, 0.15) is 34.1 Å². The van der Waals surface area contributed by atoms with Crippen LogP contribution in [0, 0.1) is 5.92 Å². The molecule has 0 saturated heterocycles. The maximum Gasteiger partial charge on any atom is 0.327 e. The number of carbonyl (C=O) groups excluding carboxylic acids is 1. The Morgan fingerprint density at radius 3 is 1.77 bits per heavy atom. The first kappa shape index (κ1) is 31.3. The van der Waals surface area contributed by atoms with Crippen molar-refractivity contribution in [3.05, 3.63) is 0 Å². The number of carbonyl (C=O) groups is 2. The van der Waals surface area contributed by atoms with E-state index in [4.69, 9.17) is 24.7 Å². The molecule has 0 fully saturated rings. The van der Waals surface area contributed by atoms with Crippen LogP contribution in [0.15, 0.2) is 0 Å². The van der Waals surface area contributed by atoms with E-state index in [0.29, 0.717) is 64.5 Å². The van der Waals surface area contributed by atoms with E-state index < -0.39 is 12.0 Å². The highest BCUT2D eigenvalue weighted by atomic mass is 32.2. The molecule has 0 aliphatic heterocycles. The zero-order valence-corrected chi connectivity index (χ0v) is 19.8. The molecule has 30 heavy (non-hydrogen) atoms. The predicted octanol–water partition coefficient (Wildman–Crippen LogP) is 1.39. The van der Waals surface area contributed by atoms with E-state index in [-0.39, 0.29) is 18.9 Å². The maximum absolute atomic E-state index is 11.8. The van der Waals surface area contributed by atoms with Crippen LogP contribution in [0.4, 0.5) is 0 Å². The van der Waals surface area contributed by atoms with E-state index in [9.17, 15) is 14.7 Å². The highest BCUT2D eigenvalue weighted by molar-refractivity contribution is 7.99. The standard InChI is InChI=1S/C18H36N2O7S.C2H6/c1-15(2)13-28-14-16(18(22)23)20-17(21)3-5-24-7-9-26-11-12-27-10-8-25-6-4-19;1-2/h15-16H,3-14,19H2,1-2H3,(H,20,21)(H,22,23);1-2H3. The van der Waals surface area contributed by atoms with Gasteiger partial charge in [0.25, 0.3) is 0 Å². The second-order valence-corrected chi connectivity index (χ2v) is 7.45. The fourth-order valence-corrected chi connectivity index (χ4v) is 2.94. The third kappa shape index (κ3) is 23.4. The Kier molecular flexibility index (Phi) is 25.4. The molecule has 1 amide bonds. The fourth-order valence-electron chi connectivity index (χ4n) is 1.87. The quantitative estimate of drug-likeness (QED) is 0.234. The Hall–Kier alpha value is -0.910. The van der Waals surface area contributed by atoms with Crippen molar-refractivity contribution in [1.29, 1.82) is 0 Å². The molecule has 0 saturated carbocycles. The largest absolute Gasteiger partial charge is 0.480 e. The number of nitrogens with one attached hydrogen (secondary N) is 1. The molecule has 9 nitrogen and oxygen atoms in total. The predicted molar refractivity (Wildman–Crippen MR) is 120 cm³/mol. The molecule has 0 radical (unpaired) electrons. The van der Waals surface area contributed by atoms with Gasteiger partial charge in [-0.25, -0.2) is 4.79 Å². The van der Waals surface area contributed by atoms with Crippen molar-refractivity contribution in [3.8, 4) is 0 Å². The molecule has 0 aromatic carbocycles. The van der Waals surface area contributed by atoms with Gasteiger partial charge in [0.1, 0.15) is 6.04 Å². The number of thioether (sulfide) groups is 1. The molecule has 0 aliphatic rings. The Morgan fingerprint density at radius 1 is 0.867 bits per heavy atom. The van der Waals surface area contributed by atoms with Gasteiger partial charge in [0.15, 0.2) is 0 Å². The van der Waals surface area contributed by atoms with E-state index in [1.165, 1.54) is 11.8 Å². The van der Waals surface area contributed by atoms with Gasteiger partial charge in [0, 0.05) is 18.7 Å². The van der Waals surface area contributed by atoms with Crippen LogP contribution >= 0.6 is 11.8 Å². The molecule has 0 heterocycles. The molecular weight excluding hydrogens is 412 g/mol. The molecule has 1 atom stereocenters. The summed E-state index contributed by atoms with van der Waals surface area (Å²) in [5.41, 5.74) is 5.29. The zero-order chi connectivity index (χ0) is 23.0. The van der Waals surface area contributed by atoms with E-state index in [1.807, 2.05) is 13.8 Å². The summed E-state index contributed by atoms with van der Waals surface area (Å²) in [5, 5.41) is 11.7. The molecule has 10 heteroatoms. The minimum Gasteiger partial charge on any atom is -0.480 e. The molecule has 4 N–H and O–H groups in total. The van der Waals surface area contributed by atoms with Gasteiger partial charge < -0.3 is 35.1 Å². The fraction of sp³-hybridized carbons (Fsp3) is 0.900. The van der Waals surface area contributed by atoms with Crippen LogP contribution in [0.2, 0.25) is 0 Å². The minimum absolute atomic E-state index is 0.116. The number of nitrogens with two attached hydrogens (primary N) is 1. The molecular formula is C20H42N2O7S. The number of carboxylic acids is 1. The summed E-state index contributed by atoms with van der Waals surface area (Å²) >= 11 is 1.52. The summed E-state index contributed by atoms with van der Waals surface area (Å²) in [6.07, 6.45) is 0.116. The van der Waals surface area contributed by atoms with Crippen molar-refractivity contribution in [2.75, 3.05) is 70.9 Å². The highest BCUT2D eigenvalue weighted by Crippen LogP contribution is 2.09. The Labute approximate surface area is 185 Å². The Bertz CT molecular complexity index is 401. The van der Waals surface area contributed by atoms with Gasteiger partial charge in [-0.1, -0.05) is 27.7 Å². The number of hydrogen-bond acceptors (Lipinski definition) is 8. The number of amides is 1. The summed E-state index contributed by atoms with van der Waals surface area (Å²) in [7, 11) is 0. The summed E-state index contributed by atoms with van der Waals surface area (Å²) in [6.45, 7) is 12.1. The lowest BCUT2D eigenvalue weighted by Crippen LogP contribution is -2.43. The van der Waals surface area contributed by atoms with E-state index in [2.05, 4.69) is 19.2 Å². The SMILES string of the molecule is CC.CC(C)CSCC(NC(=O)CCOCCOCCOCCOCCN)C(=O)O. The maximum atomic E-state index is 11.8. The van der Waals surface area contributed by atoms with Gasteiger partial charge in [0.05, 0.1) is 52.9 Å². The molecule has 0 spiro atoms. The van der Waals surface area contributed by atoms with E-state index >= 15 is 0 Å². The van der Waals surface area contributed by atoms with Crippen LogP contribution in [-0.4, -0.2) is 93.9 Å². The van der Waals surface area contributed by atoms with E-state index in [1.54, 1.807) is 0 Å². The van der Waals surface area contributed by atoms with Gasteiger partial charge >= 0.3 is 5.97 Å². The monoisotopic (exact) mass is 454 g/mol. The Balaban J connectivity index is 0. The van der Waals surface area contributed by atoms with Crippen molar-refractivity contribution in [1.82, 2.24) is 5.32 Å². The second-order valence-electron chi connectivity index (χ2n) is 6.38. The van der Waals surface area contributed by atoms with Gasteiger partial charge in [-0.3, -0.25) is 4.79 Å². The number of carboxylic acid groups (broad SMARTS) is 1. The van der Waals surface area contributed by atoms with Crippen LogP contribution in [0.3, 0.4) is 0 Å². The summed E-state index contributed by atoms with van der Waals surface area (Å²) in [5.74, 6) is 0.342. The number of ether oxygens (including phenoxy) is 4. The molecule has 0 aromatic heterocycles. The first-order valence-corrected chi connectivity index (χ1v) is 11.7. The lowest BCUT2D eigenvalue weighted by atomic mass is 10.3. The normalized spacial score (nSPS) is 11.7. The third-order valence-electron chi connectivity index (χ3n) is 3.22.